The van der Waals surface area contributed by atoms with Gasteiger partial charge < -0.3 is 9.64 Å². The van der Waals surface area contributed by atoms with Gasteiger partial charge >= 0.3 is 6.09 Å². The van der Waals surface area contributed by atoms with Crippen LogP contribution in [-0.2, 0) is 4.74 Å². The van der Waals surface area contributed by atoms with Gasteiger partial charge in [-0.2, -0.15) is 0 Å². The van der Waals surface area contributed by atoms with Crippen molar-refractivity contribution >= 4 is 14.2 Å². The Labute approximate surface area is 132 Å². The predicted molar refractivity (Wildman–Crippen MR) is 91.2 cm³/mol. The van der Waals surface area contributed by atoms with Gasteiger partial charge in [-0.1, -0.05) is 13.8 Å². The lowest BCUT2D eigenvalue weighted by atomic mass is 10.2. The summed E-state index contributed by atoms with van der Waals surface area (Å²) < 4.78 is 8.12. The maximum absolute atomic E-state index is 12.5. The van der Waals surface area contributed by atoms with Gasteiger partial charge in [-0.25, -0.2) is 4.79 Å². The van der Waals surface area contributed by atoms with Crippen molar-refractivity contribution in [2.75, 3.05) is 25.9 Å². The summed E-state index contributed by atoms with van der Waals surface area (Å²) in [6.45, 7) is 16.9. The molecular weight excluding hydrogens is 283 g/mol. The van der Waals surface area contributed by atoms with Crippen LogP contribution >= 0.6 is 8.07 Å². The Morgan fingerprint density at radius 2 is 1.86 bits per heavy atom. The van der Waals surface area contributed by atoms with Crippen LogP contribution in [0.3, 0.4) is 0 Å². The van der Waals surface area contributed by atoms with Gasteiger partial charge in [0.15, 0.2) is 0 Å². The minimum absolute atomic E-state index is 0.138. The monoisotopic (exact) mass is 316 g/mol. The van der Waals surface area contributed by atoms with E-state index in [2.05, 4.69) is 32.1 Å². The zero-order valence-corrected chi connectivity index (χ0v) is 15.7. The summed E-state index contributed by atoms with van der Waals surface area (Å²) >= 11 is 0. The Morgan fingerprint density at radius 1 is 1.29 bits per heavy atom. The van der Waals surface area contributed by atoms with Crippen molar-refractivity contribution < 1.29 is 9.53 Å². The first kappa shape index (κ1) is 18.7. The second-order valence-corrected chi connectivity index (χ2v) is 9.19. The highest BCUT2D eigenvalue weighted by Gasteiger charge is 2.37. The normalized spacial score (nSPS) is 24.5. The molecule has 3 atom stereocenters. The van der Waals surface area contributed by atoms with Crippen molar-refractivity contribution in [3.63, 3.8) is 0 Å². The average molecular weight is 316 g/mol. The first-order valence-electron chi connectivity index (χ1n) is 8.16. The molecule has 0 aromatic rings. The van der Waals surface area contributed by atoms with E-state index in [-0.39, 0.29) is 14.2 Å². The standard InChI is InChI=1S/C16H33N2O2P/c1-8-17(9-2)21(7)12-14-11-10-13(3)18(14)15(19)20-16(4,5)6/h13-14H,8-12H2,1-7H3. The number of nitrogens with zero attached hydrogens (tertiary/aromatic N) is 2. The summed E-state index contributed by atoms with van der Waals surface area (Å²) in [5.41, 5.74) is -0.417. The van der Waals surface area contributed by atoms with E-state index in [1.807, 2.05) is 25.7 Å². The van der Waals surface area contributed by atoms with E-state index in [1.165, 1.54) is 0 Å². The Kier molecular flexibility index (Phi) is 6.93. The molecule has 1 rings (SSSR count). The molecule has 124 valence electrons. The van der Waals surface area contributed by atoms with E-state index >= 15 is 0 Å². The van der Waals surface area contributed by atoms with Crippen molar-refractivity contribution in [1.29, 1.82) is 0 Å². The highest BCUT2D eigenvalue weighted by Crippen LogP contribution is 2.40. The lowest BCUT2D eigenvalue weighted by Crippen LogP contribution is -2.44. The lowest BCUT2D eigenvalue weighted by molar-refractivity contribution is 0.0177. The van der Waals surface area contributed by atoms with E-state index in [4.69, 9.17) is 4.74 Å². The number of carbonyl (C=O) groups excluding carboxylic acids is 1. The Morgan fingerprint density at radius 3 is 2.33 bits per heavy atom. The molecule has 0 aliphatic carbocycles. The molecule has 1 aliphatic rings. The summed E-state index contributed by atoms with van der Waals surface area (Å²) in [4.78, 5) is 14.5. The van der Waals surface area contributed by atoms with Crippen molar-refractivity contribution in [1.82, 2.24) is 9.57 Å². The SMILES string of the molecule is CCN(CC)P(C)CC1CCC(C)N1C(=O)OC(C)(C)C. The van der Waals surface area contributed by atoms with Crippen LogP contribution in [0.5, 0.6) is 0 Å². The Hall–Kier alpha value is -0.340. The molecule has 0 saturated carbocycles. The highest BCUT2D eigenvalue weighted by atomic mass is 31.1. The summed E-state index contributed by atoms with van der Waals surface area (Å²) in [6, 6.07) is 0.636. The van der Waals surface area contributed by atoms with Gasteiger partial charge in [0.2, 0.25) is 0 Å². The Bertz CT molecular complexity index is 340. The molecule has 21 heavy (non-hydrogen) atoms. The molecule has 0 N–H and O–H groups in total. The maximum atomic E-state index is 12.5. The molecule has 1 aliphatic heterocycles. The van der Waals surface area contributed by atoms with Crippen LogP contribution < -0.4 is 0 Å². The number of ether oxygens (including phenoxy) is 1. The lowest BCUT2D eigenvalue weighted by Gasteiger charge is -2.35. The largest absolute Gasteiger partial charge is 0.444 e. The van der Waals surface area contributed by atoms with Crippen LogP contribution in [0, 0.1) is 0 Å². The fourth-order valence-corrected chi connectivity index (χ4v) is 5.19. The molecule has 0 radical (unpaired) electrons. The van der Waals surface area contributed by atoms with Gasteiger partial charge in [0.05, 0.1) is 0 Å². The molecule has 1 saturated heterocycles. The second-order valence-electron chi connectivity index (χ2n) is 6.95. The first-order valence-corrected chi connectivity index (χ1v) is 10.1. The number of rotatable bonds is 5. The van der Waals surface area contributed by atoms with Gasteiger partial charge in [0.1, 0.15) is 5.60 Å². The molecule has 4 nitrogen and oxygen atoms in total. The number of likely N-dealkylation sites (tertiary alicyclic amines) is 1. The third-order valence-corrected chi connectivity index (χ3v) is 6.56. The number of amides is 1. The van der Waals surface area contributed by atoms with Crippen LogP contribution in [0.2, 0.25) is 0 Å². The third kappa shape index (κ3) is 5.41. The molecule has 0 spiro atoms. The molecule has 5 heteroatoms. The van der Waals surface area contributed by atoms with E-state index in [0.717, 1.165) is 32.1 Å². The van der Waals surface area contributed by atoms with Crippen LogP contribution in [0.25, 0.3) is 0 Å². The second kappa shape index (κ2) is 7.78. The van der Waals surface area contributed by atoms with E-state index < -0.39 is 5.60 Å². The third-order valence-electron chi connectivity index (χ3n) is 4.08. The number of carbonyl (C=O) groups is 1. The van der Waals surface area contributed by atoms with Crippen LogP contribution in [0.4, 0.5) is 4.79 Å². The summed E-state index contributed by atoms with van der Waals surface area (Å²) in [6.07, 6.45) is 3.15. The molecule has 0 aromatic carbocycles. The minimum Gasteiger partial charge on any atom is -0.444 e. The van der Waals surface area contributed by atoms with Crippen molar-refractivity contribution in [2.24, 2.45) is 0 Å². The zero-order chi connectivity index (χ0) is 16.2. The van der Waals surface area contributed by atoms with E-state index in [1.54, 1.807) is 0 Å². The molecule has 1 fully saturated rings. The smallest absolute Gasteiger partial charge is 0.410 e. The average Bonchev–Trinajstić information content (AvgIpc) is 2.69. The van der Waals surface area contributed by atoms with Crippen molar-refractivity contribution in [2.45, 2.75) is 72.1 Å². The molecule has 1 amide bonds. The topological polar surface area (TPSA) is 32.8 Å². The fourth-order valence-electron chi connectivity index (χ4n) is 3.02. The van der Waals surface area contributed by atoms with Gasteiger partial charge in [-0.05, 0) is 68.4 Å². The highest BCUT2D eigenvalue weighted by molar-refractivity contribution is 7.54. The van der Waals surface area contributed by atoms with Crippen molar-refractivity contribution in [3.8, 4) is 0 Å². The van der Waals surface area contributed by atoms with Crippen LogP contribution in [0.15, 0.2) is 0 Å². The summed E-state index contributed by atoms with van der Waals surface area (Å²) in [5, 5.41) is 0. The summed E-state index contributed by atoms with van der Waals surface area (Å²) in [5.74, 6) is 0. The summed E-state index contributed by atoms with van der Waals surface area (Å²) in [7, 11) is -0.175. The predicted octanol–water partition coefficient (Wildman–Crippen LogP) is 4.14. The van der Waals surface area contributed by atoms with Crippen molar-refractivity contribution in [3.05, 3.63) is 0 Å². The van der Waals surface area contributed by atoms with Crippen LogP contribution in [0.1, 0.15) is 54.4 Å². The van der Waals surface area contributed by atoms with E-state index in [9.17, 15) is 4.79 Å². The number of hydrogen-bond acceptors (Lipinski definition) is 3. The number of hydrogen-bond donors (Lipinski definition) is 0. The molecule has 3 unspecified atom stereocenters. The quantitative estimate of drug-likeness (QED) is 0.715. The maximum Gasteiger partial charge on any atom is 0.410 e. The molecule has 0 aromatic heterocycles. The van der Waals surface area contributed by atoms with Gasteiger partial charge in [-0.15, -0.1) is 0 Å². The van der Waals surface area contributed by atoms with E-state index in [0.29, 0.717) is 12.1 Å². The van der Waals surface area contributed by atoms with Gasteiger partial charge in [0, 0.05) is 18.2 Å². The molecular formula is C16H33N2O2P. The fraction of sp³-hybridized carbons (Fsp3) is 0.938. The zero-order valence-electron chi connectivity index (χ0n) is 14.8. The molecule has 0 bridgehead atoms. The van der Waals surface area contributed by atoms with Gasteiger partial charge in [-0.3, -0.25) is 4.67 Å². The molecule has 1 heterocycles. The first-order chi connectivity index (χ1) is 9.69. The minimum atomic E-state index is -0.417. The Balaban J connectivity index is 2.70. The van der Waals surface area contributed by atoms with Crippen LogP contribution in [-0.4, -0.2) is 59.3 Å². The van der Waals surface area contributed by atoms with Gasteiger partial charge in [0.25, 0.3) is 0 Å².